The molecule has 2 saturated heterocycles. The maximum absolute atomic E-state index is 11.7. The van der Waals surface area contributed by atoms with Gasteiger partial charge in [-0.05, 0) is 20.8 Å². The lowest BCUT2D eigenvalue weighted by molar-refractivity contribution is -0.115. The number of hydrogen-bond donors (Lipinski definition) is 1. The molecule has 6 nitrogen and oxygen atoms in total. The van der Waals surface area contributed by atoms with Crippen LogP contribution in [0, 0.1) is 0 Å². The molecule has 6 heteroatoms. The third-order valence-corrected chi connectivity index (χ3v) is 2.77. The Kier molecular flexibility index (Phi) is 2.67. The van der Waals surface area contributed by atoms with Gasteiger partial charge in [-0.3, -0.25) is 0 Å². The third kappa shape index (κ3) is 2.62. The van der Waals surface area contributed by atoms with Crippen LogP contribution >= 0.6 is 0 Å². The summed E-state index contributed by atoms with van der Waals surface area (Å²) >= 11 is 0. The molecule has 2 heterocycles. The molecule has 2 fully saturated rings. The summed E-state index contributed by atoms with van der Waals surface area (Å²) in [4.78, 5) is 24.4. The second-order valence-corrected chi connectivity index (χ2v) is 5.59. The SMILES string of the molecule is CC(C)(C)OC(=O)N1CC2(CCNC(=O)O2)C1. The van der Waals surface area contributed by atoms with Crippen molar-refractivity contribution >= 4 is 12.2 Å². The number of carbonyl (C=O) groups is 2. The first-order valence-electron chi connectivity index (χ1n) is 5.75. The van der Waals surface area contributed by atoms with Crippen molar-refractivity contribution in [2.24, 2.45) is 0 Å². The lowest BCUT2D eigenvalue weighted by Crippen LogP contribution is -2.68. The zero-order chi connectivity index (χ0) is 12.7. The van der Waals surface area contributed by atoms with Gasteiger partial charge in [0.2, 0.25) is 0 Å². The molecule has 0 aromatic carbocycles. The zero-order valence-electron chi connectivity index (χ0n) is 10.4. The van der Waals surface area contributed by atoms with Crippen LogP contribution < -0.4 is 5.32 Å². The maximum atomic E-state index is 11.7. The van der Waals surface area contributed by atoms with E-state index in [4.69, 9.17) is 9.47 Å². The van der Waals surface area contributed by atoms with Crippen molar-refractivity contribution in [2.75, 3.05) is 19.6 Å². The van der Waals surface area contributed by atoms with Crippen LogP contribution in [0.3, 0.4) is 0 Å². The number of rotatable bonds is 0. The van der Waals surface area contributed by atoms with E-state index in [2.05, 4.69) is 5.32 Å². The predicted octanol–water partition coefficient (Wildman–Crippen LogP) is 1.11. The third-order valence-electron chi connectivity index (χ3n) is 2.77. The fourth-order valence-electron chi connectivity index (χ4n) is 2.00. The number of carbonyl (C=O) groups excluding carboxylic acids is 2. The van der Waals surface area contributed by atoms with E-state index in [-0.39, 0.29) is 6.09 Å². The van der Waals surface area contributed by atoms with Crippen LogP contribution in [0.2, 0.25) is 0 Å². The van der Waals surface area contributed by atoms with Gasteiger partial charge in [0.15, 0.2) is 5.60 Å². The number of nitrogens with zero attached hydrogens (tertiary/aromatic N) is 1. The monoisotopic (exact) mass is 242 g/mol. The molecule has 17 heavy (non-hydrogen) atoms. The largest absolute Gasteiger partial charge is 0.444 e. The fourth-order valence-corrected chi connectivity index (χ4v) is 2.00. The predicted molar refractivity (Wildman–Crippen MR) is 59.6 cm³/mol. The molecule has 0 radical (unpaired) electrons. The van der Waals surface area contributed by atoms with E-state index in [0.29, 0.717) is 19.6 Å². The molecule has 0 bridgehead atoms. The number of hydrogen-bond acceptors (Lipinski definition) is 4. The molecule has 2 aliphatic rings. The molecule has 2 aliphatic heterocycles. The van der Waals surface area contributed by atoms with Gasteiger partial charge in [-0.2, -0.15) is 0 Å². The second kappa shape index (κ2) is 3.78. The normalized spacial score (nSPS) is 22.5. The van der Waals surface area contributed by atoms with Crippen molar-refractivity contribution in [3.8, 4) is 0 Å². The van der Waals surface area contributed by atoms with Gasteiger partial charge in [0.25, 0.3) is 0 Å². The lowest BCUT2D eigenvalue weighted by atomic mass is 9.89. The van der Waals surface area contributed by atoms with Crippen molar-refractivity contribution in [3.63, 3.8) is 0 Å². The molecule has 1 N–H and O–H groups in total. The highest BCUT2D eigenvalue weighted by atomic mass is 16.6. The molecule has 0 aromatic rings. The fraction of sp³-hybridized carbons (Fsp3) is 0.818. The number of nitrogens with one attached hydrogen (secondary N) is 1. The highest BCUT2D eigenvalue weighted by Crippen LogP contribution is 2.31. The Labute approximate surface area is 100 Å². The van der Waals surface area contributed by atoms with Gasteiger partial charge < -0.3 is 19.7 Å². The Morgan fingerprint density at radius 3 is 2.65 bits per heavy atom. The van der Waals surface area contributed by atoms with Crippen molar-refractivity contribution < 1.29 is 19.1 Å². The zero-order valence-corrected chi connectivity index (χ0v) is 10.4. The van der Waals surface area contributed by atoms with Gasteiger partial charge in [0.05, 0.1) is 13.1 Å². The van der Waals surface area contributed by atoms with Crippen molar-refractivity contribution in [1.82, 2.24) is 10.2 Å². The molecule has 0 atom stereocenters. The summed E-state index contributed by atoms with van der Waals surface area (Å²) < 4.78 is 10.5. The van der Waals surface area contributed by atoms with Crippen molar-refractivity contribution in [1.29, 1.82) is 0 Å². The number of alkyl carbamates (subject to hydrolysis) is 1. The summed E-state index contributed by atoms with van der Waals surface area (Å²) in [6.07, 6.45) is -0.0179. The molecule has 0 aliphatic carbocycles. The maximum Gasteiger partial charge on any atom is 0.410 e. The summed E-state index contributed by atoms with van der Waals surface area (Å²) in [5.74, 6) is 0. The Hall–Kier alpha value is -1.46. The van der Waals surface area contributed by atoms with E-state index in [1.807, 2.05) is 20.8 Å². The van der Waals surface area contributed by atoms with Crippen LogP contribution in [0.25, 0.3) is 0 Å². The van der Waals surface area contributed by atoms with Crippen LogP contribution in [-0.4, -0.2) is 47.9 Å². The van der Waals surface area contributed by atoms with Crippen LogP contribution in [0.5, 0.6) is 0 Å². The first-order valence-corrected chi connectivity index (χ1v) is 5.75. The average molecular weight is 242 g/mol. The minimum atomic E-state index is -0.495. The summed E-state index contributed by atoms with van der Waals surface area (Å²) in [7, 11) is 0. The van der Waals surface area contributed by atoms with Crippen molar-refractivity contribution in [2.45, 2.75) is 38.4 Å². The van der Waals surface area contributed by atoms with E-state index < -0.39 is 17.3 Å². The molecule has 2 amide bonds. The molecule has 0 saturated carbocycles. The van der Waals surface area contributed by atoms with Gasteiger partial charge >= 0.3 is 12.2 Å². The quantitative estimate of drug-likeness (QED) is 0.690. The molecule has 0 aromatic heterocycles. The first kappa shape index (κ1) is 12.0. The standard InChI is InChI=1S/C11H18N2O4/c1-10(2,3)17-9(15)13-6-11(7-13)4-5-12-8(14)16-11/h4-7H2,1-3H3,(H,12,14). The van der Waals surface area contributed by atoms with E-state index in [1.54, 1.807) is 4.90 Å². The molecular formula is C11H18N2O4. The van der Waals surface area contributed by atoms with Crippen LogP contribution in [-0.2, 0) is 9.47 Å². The minimum Gasteiger partial charge on any atom is -0.444 e. The molecule has 2 rings (SSSR count). The van der Waals surface area contributed by atoms with Gasteiger partial charge in [-0.25, -0.2) is 9.59 Å². The topological polar surface area (TPSA) is 67.9 Å². The van der Waals surface area contributed by atoms with E-state index in [9.17, 15) is 9.59 Å². The average Bonchev–Trinajstić information content (AvgIpc) is 2.10. The summed E-state index contributed by atoms with van der Waals surface area (Å²) in [5.41, 5.74) is -0.982. The van der Waals surface area contributed by atoms with Gasteiger partial charge in [-0.1, -0.05) is 0 Å². The highest BCUT2D eigenvalue weighted by Gasteiger charge is 2.51. The Morgan fingerprint density at radius 1 is 1.47 bits per heavy atom. The van der Waals surface area contributed by atoms with Gasteiger partial charge in [-0.15, -0.1) is 0 Å². The highest BCUT2D eigenvalue weighted by molar-refractivity contribution is 5.72. The smallest absolute Gasteiger partial charge is 0.410 e. The van der Waals surface area contributed by atoms with Gasteiger partial charge in [0, 0.05) is 13.0 Å². The van der Waals surface area contributed by atoms with Crippen molar-refractivity contribution in [3.05, 3.63) is 0 Å². The second-order valence-electron chi connectivity index (χ2n) is 5.59. The summed E-state index contributed by atoms with van der Waals surface area (Å²) in [5, 5.41) is 2.59. The number of ether oxygens (including phenoxy) is 2. The van der Waals surface area contributed by atoms with E-state index in [1.165, 1.54) is 0 Å². The summed E-state index contributed by atoms with van der Waals surface area (Å²) in [6, 6.07) is 0. The Balaban J connectivity index is 1.85. The number of amides is 2. The molecule has 1 spiro atoms. The van der Waals surface area contributed by atoms with Crippen LogP contribution in [0.15, 0.2) is 0 Å². The van der Waals surface area contributed by atoms with Crippen LogP contribution in [0.4, 0.5) is 9.59 Å². The molecular weight excluding hydrogens is 224 g/mol. The van der Waals surface area contributed by atoms with E-state index in [0.717, 1.165) is 6.42 Å². The Morgan fingerprint density at radius 2 is 2.12 bits per heavy atom. The first-order chi connectivity index (χ1) is 7.80. The molecule has 0 unspecified atom stereocenters. The lowest BCUT2D eigenvalue weighted by Gasteiger charge is -2.50. The summed E-state index contributed by atoms with van der Waals surface area (Å²) in [6.45, 7) is 6.92. The Bertz CT molecular complexity index is 342. The van der Waals surface area contributed by atoms with E-state index >= 15 is 0 Å². The van der Waals surface area contributed by atoms with Gasteiger partial charge in [0.1, 0.15) is 5.60 Å². The number of likely N-dealkylation sites (tertiary alicyclic amines) is 1. The van der Waals surface area contributed by atoms with Crippen LogP contribution in [0.1, 0.15) is 27.2 Å². The molecule has 96 valence electrons. The minimum absolute atomic E-state index is 0.349.